The molecule has 0 saturated heterocycles. The Hall–Kier alpha value is -1.07. The highest BCUT2D eigenvalue weighted by Crippen LogP contribution is 2.43. The fourth-order valence-electron chi connectivity index (χ4n) is 3.24. The van der Waals surface area contributed by atoms with Crippen molar-refractivity contribution in [1.82, 2.24) is 5.43 Å². The maximum atomic E-state index is 12.7. The van der Waals surface area contributed by atoms with Gasteiger partial charge < -0.3 is 0 Å². The number of benzene rings is 1. The SMILES string of the molecule is Cc1ccc(C(NN)C2CCC(C(F)(F)F)CC2)cc1C. The standard InChI is InChI=1S/C16H23F3N2/c1-10-3-4-13(9-11(10)2)15(21-20)12-5-7-14(8-6-12)16(17,18)19/h3-4,9,12,14-15,21H,5-8,20H2,1-2H3. The van der Waals surface area contributed by atoms with Gasteiger partial charge in [-0.3, -0.25) is 11.3 Å². The highest BCUT2D eigenvalue weighted by molar-refractivity contribution is 5.32. The molecule has 1 aliphatic rings. The van der Waals surface area contributed by atoms with E-state index in [4.69, 9.17) is 5.84 Å². The van der Waals surface area contributed by atoms with E-state index >= 15 is 0 Å². The van der Waals surface area contributed by atoms with E-state index in [1.54, 1.807) is 0 Å². The summed E-state index contributed by atoms with van der Waals surface area (Å²) in [7, 11) is 0. The Labute approximate surface area is 123 Å². The minimum Gasteiger partial charge on any atom is -0.271 e. The number of hydrogen-bond acceptors (Lipinski definition) is 2. The molecule has 0 heterocycles. The molecule has 0 aliphatic heterocycles. The molecule has 3 N–H and O–H groups in total. The first-order chi connectivity index (χ1) is 9.82. The van der Waals surface area contributed by atoms with E-state index in [1.807, 2.05) is 26.0 Å². The summed E-state index contributed by atoms with van der Waals surface area (Å²) in [6, 6.07) is 6.06. The lowest BCUT2D eigenvalue weighted by molar-refractivity contribution is -0.184. The number of aryl methyl sites for hydroxylation is 2. The minimum absolute atomic E-state index is 0.0708. The zero-order valence-electron chi connectivity index (χ0n) is 12.5. The Bertz CT molecular complexity index is 477. The van der Waals surface area contributed by atoms with Crippen LogP contribution in [0.5, 0.6) is 0 Å². The van der Waals surface area contributed by atoms with Crippen LogP contribution in [0.3, 0.4) is 0 Å². The van der Waals surface area contributed by atoms with E-state index in [0.717, 1.165) is 5.56 Å². The zero-order chi connectivity index (χ0) is 15.6. The lowest BCUT2D eigenvalue weighted by Gasteiger charge is -2.34. The molecule has 0 radical (unpaired) electrons. The van der Waals surface area contributed by atoms with Gasteiger partial charge in [0.1, 0.15) is 0 Å². The molecule has 2 nitrogen and oxygen atoms in total. The van der Waals surface area contributed by atoms with Gasteiger partial charge in [0.15, 0.2) is 0 Å². The van der Waals surface area contributed by atoms with Gasteiger partial charge in [-0.1, -0.05) is 18.2 Å². The second kappa shape index (κ2) is 6.36. The average Bonchev–Trinajstić information content (AvgIpc) is 2.43. The fourth-order valence-corrected chi connectivity index (χ4v) is 3.24. The van der Waals surface area contributed by atoms with Gasteiger partial charge in [-0.2, -0.15) is 13.2 Å². The summed E-state index contributed by atoms with van der Waals surface area (Å²) in [6.07, 6.45) is -2.52. The molecular weight excluding hydrogens is 277 g/mol. The van der Waals surface area contributed by atoms with E-state index in [0.29, 0.717) is 12.8 Å². The maximum Gasteiger partial charge on any atom is 0.391 e. The van der Waals surface area contributed by atoms with Crippen LogP contribution in [0.15, 0.2) is 18.2 Å². The molecule has 1 aromatic carbocycles. The lowest BCUT2D eigenvalue weighted by Crippen LogP contribution is -2.37. The van der Waals surface area contributed by atoms with Crippen LogP contribution in [0.25, 0.3) is 0 Å². The Balaban J connectivity index is 2.07. The van der Waals surface area contributed by atoms with Crippen molar-refractivity contribution in [2.75, 3.05) is 0 Å². The molecule has 0 aromatic heterocycles. The molecule has 1 aromatic rings. The van der Waals surface area contributed by atoms with Crippen molar-refractivity contribution in [3.05, 3.63) is 34.9 Å². The molecule has 0 amide bonds. The van der Waals surface area contributed by atoms with Crippen molar-refractivity contribution in [2.45, 2.75) is 51.7 Å². The maximum absolute atomic E-state index is 12.7. The fraction of sp³-hybridized carbons (Fsp3) is 0.625. The molecule has 1 saturated carbocycles. The van der Waals surface area contributed by atoms with Gasteiger partial charge in [-0.15, -0.1) is 0 Å². The molecule has 1 fully saturated rings. The summed E-state index contributed by atoms with van der Waals surface area (Å²) >= 11 is 0. The largest absolute Gasteiger partial charge is 0.391 e. The molecule has 1 atom stereocenters. The molecule has 2 rings (SSSR count). The molecule has 0 bridgehead atoms. The van der Waals surface area contributed by atoms with Crippen LogP contribution in [-0.2, 0) is 0 Å². The Morgan fingerprint density at radius 2 is 1.71 bits per heavy atom. The molecule has 5 heteroatoms. The third kappa shape index (κ3) is 3.77. The van der Waals surface area contributed by atoms with Gasteiger partial charge in [0.2, 0.25) is 0 Å². The number of halogens is 3. The van der Waals surface area contributed by atoms with Gasteiger partial charge in [-0.05, 0) is 62.1 Å². The predicted octanol–water partition coefficient (Wildman–Crippen LogP) is 4.18. The Kier molecular flexibility index (Phi) is 4.94. The summed E-state index contributed by atoms with van der Waals surface area (Å²) < 4.78 is 38.2. The smallest absolute Gasteiger partial charge is 0.271 e. The normalized spacial score (nSPS) is 24.9. The van der Waals surface area contributed by atoms with Crippen molar-refractivity contribution in [1.29, 1.82) is 0 Å². The van der Waals surface area contributed by atoms with Crippen molar-refractivity contribution in [3.63, 3.8) is 0 Å². The monoisotopic (exact) mass is 300 g/mol. The number of nitrogens with two attached hydrogens (primary N) is 1. The highest BCUT2D eigenvalue weighted by Gasteiger charge is 2.42. The third-order valence-corrected chi connectivity index (χ3v) is 4.78. The van der Waals surface area contributed by atoms with Crippen molar-refractivity contribution in [3.8, 4) is 0 Å². The van der Waals surface area contributed by atoms with Crippen LogP contribution in [0.4, 0.5) is 13.2 Å². The summed E-state index contributed by atoms with van der Waals surface area (Å²) in [6.45, 7) is 4.07. The Morgan fingerprint density at radius 1 is 1.10 bits per heavy atom. The average molecular weight is 300 g/mol. The number of alkyl halides is 3. The molecule has 118 valence electrons. The molecule has 1 aliphatic carbocycles. The zero-order valence-corrected chi connectivity index (χ0v) is 12.5. The van der Waals surface area contributed by atoms with E-state index < -0.39 is 12.1 Å². The molecule has 21 heavy (non-hydrogen) atoms. The van der Waals surface area contributed by atoms with Crippen LogP contribution in [0.2, 0.25) is 0 Å². The quantitative estimate of drug-likeness (QED) is 0.649. The van der Waals surface area contributed by atoms with Crippen LogP contribution >= 0.6 is 0 Å². The van der Waals surface area contributed by atoms with E-state index in [-0.39, 0.29) is 24.8 Å². The van der Waals surface area contributed by atoms with E-state index in [1.165, 1.54) is 11.1 Å². The van der Waals surface area contributed by atoms with Crippen LogP contribution in [0, 0.1) is 25.7 Å². The lowest BCUT2D eigenvalue weighted by atomic mass is 9.76. The van der Waals surface area contributed by atoms with Gasteiger partial charge in [0, 0.05) is 6.04 Å². The number of nitrogens with one attached hydrogen (secondary N) is 1. The van der Waals surface area contributed by atoms with Crippen molar-refractivity contribution in [2.24, 2.45) is 17.7 Å². The van der Waals surface area contributed by atoms with Crippen LogP contribution in [0.1, 0.15) is 48.4 Å². The summed E-state index contributed by atoms with van der Waals surface area (Å²) in [5, 5.41) is 0. The highest BCUT2D eigenvalue weighted by atomic mass is 19.4. The number of hydrazine groups is 1. The third-order valence-electron chi connectivity index (χ3n) is 4.78. The van der Waals surface area contributed by atoms with Gasteiger partial charge >= 0.3 is 6.18 Å². The first-order valence-corrected chi connectivity index (χ1v) is 7.43. The summed E-state index contributed by atoms with van der Waals surface area (Å²) in [5.74, 6) is 4.69. The van der Waals surface area contributed by atoms with Crippen molar-refractivity contribution < 1.29 is 13.2 Å². The Morgan fingerprint density at radius 3 is 2.19 bits per heavy atom. The molecule has 0 spiro atoms. The number of rotatable bonds is 3. The van der Waals surface area contributed by atoms with Gasteiger partial charge in [0.05, 0.1) is 5.92 Å². The van der Waals surface area contributed by atoms with Crippen LogP contribution < -0.4 is 11.3 Å². The van der Waals surface area contributed by atoms with Crippen molar-refractivity contribution >= 4 is 0 Å². The van der Waals surface area contributed by atoms with E-state index in [2.05, 4.69) is 11.5 Å². The number of hydrogen-bond donors (Lipinski definition) is 2. The second-order valence-electron chi connectivity index (χ2n) is 6.14. The van der Waals surface area contributed by atoms with E-state index in [9.17, 15) is 13.2 Å². The summed E-state index contributed by atoms with van der Waals surface area (Å²) in [5.41, 5.74) is 6.25. The minimum atomic E-state index is -4.06. The topological polar surface area (TPSA) is 38.0 Å². The first kappa shape index (κ1) is 16.3. The second-order valence-corrected chi connectivity index (χ2v) is 6.14. The molecule has 1 unspecified atom stereocenters. The summed E-state index contributed by atoms with van der Waals surface area (Å²) in [4.78, 5) is 0. The van der Waals surface area contributed by atoms with Gasteiger partial charge in [-0.25, -0.2) is 0 Å². The first-order valence-electron chi connectivity index (χ1n) is 7.43. The molecular formula is C16H23F3N2. The predicted molar refractivity (Wildman–Crippen MR) is 77.5 cm³/mol. The van der Waals surface area contributed by atoms with Gasteiger partial charge in [0.25, 0.3) is 0 Å². The van der Waals surface area contributed by atoms with Crippen LogP contribution in [-0.4, -0.2) is 6.18 Å².